The smallest absolute Gasteiger partial charge is 0.438 e. The molecule has 0 N–H and O–H groups in total. The highest BCUT2D eigenvalue weighted by Gasteiger charge is 2.81. The Labute approximate surface area is 635 Å². The number of rotatable bonds is 18. The molecule has 2 heterocycles. The lowest BCUT2D eigenvalue weighted by Gasteiger charge is -2.58. The van der Waals surface area contributed by atoms with Gasteiger partial charge in [0.15, 0.2) is 0 Å². The Morgan fingerprint density at radius 1 is 0.518 bits per heavy atom. The molecule has 14 aliphatic rings. The predicted molar refractivity (Wildman–Crippen MR) is 329 cm³/mol. The number of Topliss-reactive ketones (excluding diaryl/α,β-unsaturated/α-hetero) is 3. The van der Waals surface area contributed by atoms with Crippen LogP contribution in [0.25, 0.3) is 0 Å². The first kappa shape index (κ1) is 88.6. The highest BCUT2D eigenvalue weighted by atomic mass is 32.2. The van der Waals surface area contributed by atoms with Gasteiger partial charge in [-0.2, -0.15) is 79.0 Å². The van der Waals surface area contributed by atoms with Gasteiger partial charge in [-0.25, -0.2) is 25.3 Å². The number of ether oxygens (including phenoxy) is 7. The van der Waals surface area contributed by atoms with Crippen LogP contribution in [-0.2, 0) is 111 Å². The van der Waals surface area contributed by atoms with Crippen molar-refractivity contribution in [1.29, 1.82) is 0 Å². The molecule has 0 aromatic rings. The van der Waals surface area contributed by atoms with Crippen molar-refractivity contribution in [1.82, 2.24) is 0 Å². The molecule has 14 fully saturated rings. The Bertz CT molecular complexity index is 4210. The number of fused-ring (bicyclic) bond motifs is 7. The van der Waals surface area contributed by atoms with E-state index in [9.17, 15) is 166 Å². The maximum absolute atomic E-state index is 13.8. The van der Waals surface area contributed by atoms with Crippen molar-refractivity contribution in [2.24, 2.45) is 117 Å². The Balaban J connectivity index is 0.000000171. The van der Waals surface area contributed by atoms with E-state index in [1.54, 1.807) is 13.8 Å². The maximum atomic E-state index is 13.8. The molecule has 20 atom stereocenters. The predicted octanol–water partition coefficient (Wildman–Crippen LogP) is 8.49. The minimum atomic E-state index is -6.54. The molecule has 0 amide bonds. The molecule has 8 bridgehead atoms. The number of hydrogen-bond acceptors (Lipinski definition) is 26. The summed E-state index contributed by atoms with van der Waals surface area (Å²) in [6.07, 6.45) is -37.7. The molecule has 114 heavy (non-hydrogen) atoms. The van der Waals surface area contributed by atoms with Gasteiger partial charge in [0.2, 0.25) is 0 Å². The highest BCUT2D eigenvalue weighted by molar-refractivity contribution is 7.86. The summed E-state index contributed by atoms with van der Waals surface area (Å²) in [4.78, 5) is 127. The number of esters is 7. The van der Waals surface area contributed by atoms with Crippen molar-refractivity contribution >= 4 is 89.5 Å². The average molecular weight is 1730 g/mol. The lowest BCUT2D eigenvalue weighted by Crippen LogP contribution is -2.64. The number of carbonyl (C=O) groups excluding carboxylic acids is 10. The van der Waals surface area contributed by atoms with Gasteiger partial charge < -0.3 is 46.8 Å². The molecule has 14 rings (SSSR count). The normalized spacial score (nSPS) is 37.1. The molecule has 26 nitrogen and oxygen atoms in total. The summed E-state index contributed by atoms with van der Waals surface area (Å²) < 4.78 is 375. The number of ketones is 3. The van der Waals surface area contributed by atoms with Gasteiger partial charge >= 0.3 is 95.6 Å². The van der Waals surface area contributed by atoms with E-state index in [4.69, 9.17) is 18.9 Å². The first-order chi connectivity index (χ1) is 51.7. The highest BCUT2D eigenvalue weighted by Crippen LogP contribution is 2.69. The Morgan fingerprint density at radius 2 is 0.912 bits per heavy atom. The summed E-state index contributed by atoms with van der Waals surface area (Å²) in [5.74, 6) is -31.2. The van der Waals surface area contributed by atoms with E-state index >= 15 is 0 Å². The fourth-order valence-electron chi connectivity index (χ4n) is 22.6. The topological polar surface area (TPSA) is 407 Å². The standard InChI is InChI=1S/C28H36F6O8S.C24H26F6O9S.C15H14F6O9S/c1-14(4-7-22(38)42-26(27(29,30)31,28(32,33)34)13-43(39,40)41)17-5-6-18-23-19(12-21(37)25(17,18)3)24(2)9-8-16(35)10-15(24)11-20(23)36;25-23(26,27)22(24(28,29)30,8-40(34,35)36)39-19(32)15-13-4-12-14(15)18(31)37-16(12)17(13)38-20(33)21-5-9-1-10(6-21)3-11(2-9)7-21;1-4(22)28-9-6-2-5-7(11(23)29-10(5)9)8(6)12(24)30-13(14(16,17)18,15(19,20)21)3-31(25,26)27/h14-15,17-19,23H,4-13H2,1-3H3,(H,39,40,41);9-17H,1-8H2,(H,34,35,36);5-10H,2-3H2,1H3,(H,25,26,27)/p-3. The monoisotopic (exact) mass is 1730 g/mol. The zero-order chi connectivity index (χ0) is 85.5. The molecule has 2 saturated heterocycles. The lowest BCUT2D eigenvalue weighted by atomic mass is 9.44. The van der Waals surface area contributed by atoms with Crippen LogP contribution >= 0.6 is 0 Å². The molecule has 0 aromatic heterocycles. The molecule has 0 spiro atoms. The summed E-state index contributed by atoms with van der Waals surface area (Å²) in [5, 5.41) is 0. The number of hydrogen-bond donors (Lipinski definition) is 0. The van der Waals surface area contributed by atoms with Gasteiger partial charge in [0.1, 0.15) is 41.8 Å². The molecule has 12 saturated carbocycles. The van der Waals surface area contributed by atoms with Crippen molar-refractivity contribution in [3.8, 4) is 0 Å². The van der Waals surface area contributed by atoms with Gasteiger partial charge in [-0.3, -0.25) is 47.9 Å². The van der Waals surface area contributed by atoms with Crippen molar-refractivity contribution in [2.45, 2.75) is 215 Å². The Hall–Kier alpha value is -6.23. The molecular formula is C67H73F18O26S3-3. The van der Waals surface area contributed by atoms with Gasteiger partial charge in [-0.1, -0.05) is 20.8 Å². The molecule has 20 unspecified atom stereocenters. The second kappa shape index (κ2) is 28.8. The first-order valence-electron chi connectivity index (χ1n) is 36.0. The Morgan fingerprint density at radius 3 is 1.30 bits per heavy atom. The summed E-state index contributed by atoms with van der Waals surface area (Å²) in [5.41, 5.74) is -19.0. The summed E-state index contributed by atoms with van der Waals surface area (Å²) in [6.45, 7) is 6.35. The minimum absolute atomic E-state index is 0.00625. The molecule has 0 aromatic carbocycles. The summed E-state index contributed by atoms with van der Waals surface area (Å²) in [7, 11) is -18.6. The van der Waals surface area contributed by atoms with Crippen LogP contribution in [0, 0.1) is 117 Å². The quantitative estimate of drug-likeness (QED) is 0.0537. The lowest BCUT2D eigenvalue weighted by molar-refractivity contribution is -0.363. The van der Waals surface area contributed by atoms with E-state index in [0.29, 0.717) is 69.1 Å². The largest absolute Gasteiger partial charge is 0.748 e. The molecule has 2 aliphatic heterocycles. The number of alkyl halides is 18. The average Bonchev–Trinajstić information content (AvgIpc) is 1.49. The van der Waals surface area contributed by atoms with Crippen LogP contribution in [-0.4, -0.2) is 194 Å². The first-order valence-corrected chi connectivity index (χ1v) is 40.7. The van der Waals surface area contributed by atoms with Gasteiger partial charge in [0.05, 0.1) is 76.7 Å². The van der Waals surface area contributed by atoms with E-state index in [1.165, 1.54) is 0 Å². The van der Waals surface area contributed by atoms with E-state index in [1.807, 2.05) is 6.92 Å². The SMILES string of the molecule is CC(=O)OC1C2CC3C1OC(=O)C3C2C(=O)OC(CS(=O)(=O)[O-])(C(F)(F)F)C(F)(F)F.CC(CCC(=O)OC(CS(=O)(=O)[O-])(C(F)(F)F)C(F)(F)F)C1CCC2C3C(=O)CC4CC(=O)CCC4(C)C3CC(=O)C12C.O=C1OC2C3CC(C2OC(=O)C24CC5CC(CC(C5)C2)C4)C(C(=O)OC(CS(=O)(=O)[O-])(C(F)(F)F)C(F)(F)F)C13. The third kappa shape index (κ3) is 15.3. The van der Waals surface area contributed by atoms with E-state index in [-0.39, 0.29) is 72.6 Å². The van der Waals surface area contributed by atoms with Gasteiger partial charge in [0.25, 0.3) is 0 Å². The fraction of sp³-hybridized carbons (Fsp3) is 0.851. The van der Waals surface area contributed by atoms with Crippen LogP contribution in [0.1, 0.15) is 137 Å². The van der Waals surface area contributed by atoms with Crippen LogP contribution in [0.3, 0.4) is 0 Å². The fourth-order valence-corrected chi connectivity index (χ4v) is 25.2. The molecule has 47 heteroatoms. The molecule has 0 radical (unpaired) electrons. The summed E-state index contributed by atoms with van der Waals surface area (Å²) >= 11 is 0. The minimum Gasteiger partial charge on any atom is -0.748 e. The molecule has 644 valence electrons. The van der Waals surface area contributed by atoms with E-state index in [0.717, 1.165) is 26.2 Å². The third-order valence-corrected chi connectivity index (χ3v) is 29.4. The van der Waals surface area contributed by atoms with Crippen molar-refractivity contribution in [3.05, 3.63) is 0 Å². The summed E-state index contributed by atoms with van der Waals surface area (Å²) in [6, 6.07) is 0. The maximum Gasteiger partial charge on any atom is 0.438 e. The molecular weight excluding hydrogens is 1660 g/mol. The zero-order valence-corrected chi connectivity index (χ0v) is 62.4. The second-order valence-corrected chi connectivity index (χ2v) is 37.7. The van der Waals surface area contributed by atoms with Gasteiger partial charge in [0, 0.05) is 74.0 Å². The second-order valence-electron chi connectivity index (χ2n) is 33.5. The van der Waals surface area contributed by atoms with Crippen molar-refractivity contribution in [3.63, 3.8) is 0 Å². The van der Waals surface area contributed by atoms with Gasteiger partial charge in [-0.05, 0) is 130 Å². The van der Waals surface area contributed by atoms with Crippen molar-refractivity contribution in [2.75, 3.05) is 17.3 Å². The Kier molecular flexibility index (Phi) is 22.4. The van der Waals surface area contributed by atoms with Crippen LogP contribution < -0.4 is 0 Å². The van der Waals surface area contributed by atoms with E-state index < -0.39 is 250 Å². The van der Waals surface area contributed by atoms with Crippen molar-refractivity contribution < 1.29 is 199 Å². The molecule has 12 aliphatic carbocycles. The number of halogens is 18. The van der Waals surface area contributed by atoms with Gasteiger partial charge in [-0.15, -0.1) is 0 Å². The van der Waals surface area contributed by atoms with Crippen LogP contribution in [0.2, 0.25) is 0 Å². The van der Waals surface area contributed by atoms with Crippen LogP contribution in [0.5, 0.6) is 0 Å². The van der Waals surface area contributed by atoms with Crippen LogP contribution in [0.15, 0.2) is 0 Å². The van der Waals surface area contributed by atoms with Crippen LogP contribution in [0.4, 0.5) is 79.0 Å². The third-order valence-electron chi connectivity index (χ3n) is 27.1. The van der Waals surface area contributed by atoms with E-state index in [2.05, 4.69) is 14.2 Å². The number of carbonyl (C=O) groups is 10. The zero-order valence-electron chi connectivity index (χ0n) is 59.9.